The van der Waals surface area contributed by atoms with E-state index in [4.69, 9.17) is 16.9 Å². The van der Waals surface area contributed by atoms with Gasteiger partial charge in [0.1, 0.15) is 5.15 Å². The van der Waals surface area contributed by atoms with Gasteiger partial charge in [0, 0.05) is 11.8 Å². The standard InChI is InChI=1S/C14H11ClN2/c1-2-10-5-6-11(8-12(10)9-16)13-4-3-7-17-14(13)15/h3-8H,2H2,1H3. The summed E-state index contributed by atoms with van der Waals surface area (Å²) in [7, 11) is 0. The molecule has 0 aliphatic heterocycles. The first kappa shape index (κ1) is 11.6. The summed E-state index contributed by atoms with van der Waals surface area (Å²) in [5, 5.41) is 9.55. The zero-order valence-corrected chi connectivity index (χ0v) is 10.2. The lowest BCUT2D eigenvalue weighted by Crippen LogP contribution is -1.89. The molecule has 0 saturated heterocycles. The Labute approximate surface area is 105 Å². The fraction of sp³-hybridized carbons (Fsp3) is 0.143. The van der Waals surface area contributed by atoms with E-state index in [1.54, 1.807) is 6.20 Å². The highest BCUT2D eigenvalue weighted by Crippen LogP contribution is 2.27. The lowest BCUT2D eigenvalue weighted by Gasteiger charge is -2.06. The second kappa shape index (κ2) is 4.99. The van der Waals surface area contributed by atoms with Crippen LogP contribution in [0.2, 0.25) is 5.15 Å². The molecule has 2 rings (SSSR count). The van der Waals surface area contributed by atoms with Crippen LogP contribution in [0.15, 0.2) is 36.5 Å². The maximum Gasteiger partial charge on any atom is 0.136 e. The van der Waals surface area contributed by atoms with Crippen LogP contribution in [0.3, 0.4) is 0 Å². The van der Waals surface area contributed by atoms with Gasteiger partial charge in [0.2, 0.25) is 0 Å². The van der Waals surface area contributed by atoms with Crippen LogP contribution in [-0.2, 0) is 6.42 Å². The molecule has 2 nitrogen and oxygen atoms in total. The maximum absolute atomic E-state index is 9.09. The van der Waals surface area contributed by atoms with Crippen LogP contribution in [0.5, 0.6) is 0 Å². The molecule has 0 spiro atoms. The van der Waals surface area contributed by atoms with E-state index in [9.17, 15) is 0 Å². The smallest absolute Gasteiger partial charge is 0.136 e. The van der Waals surface area contributed by atoms with Crippen molar-refractivity contribution in [2.24, 2.45) is 0 Å². The van der Waals surface area contributed by atoms with Crippen molar-refractivity contribution in [2.75, 3.05) is 0 Å². The van der Waals surface area contributed by atoms with Gasteiger partial charge in [-0.1, -0.05) is 30.7 Å². The van der Waals surface area contributed by atoms with Crippen molar-refractivity contribution in [2.45, 2.75) is 13.3 Å². The van der Waals surface area contributed by atoms with Gasteiger partial charge in [-0.15, -0.1) is 0 Å². The van der Waals surface area contributed by atoms with Gasteiger partial charge in [-0.05, 0) is 35.7 Å². The molecular weight excluding hydrogens is 232 g/mol. The van der Waals surface area contributed by atoms with E-state index >= 15 is 0 Å². The van der Waals surface area contributed by atoms with Crippen molar-refractivity contribution < 1.29 is 0 Å². The summed E-state index contributed by atoms with van der Waals surface area (Å²) in [5.74, 6) is 0. The van der Waals surface area contributed by atoms with Crippen LogP contribution in [0.1, 0.15) is 18.1 Å². The molecule has 17 heavy (non-hydrogen) atoms. The van der Waals surface area contributed by atoms with Crippen LogP contribution >= 0.6 is 11.6 Å². The second-order valence-electron chi connectivity index (χ2n) is 3.68. The van der Waals surface area contributed by atoms with Crippen molar-refractivity contribution >= 4 is 11.6 Å². The molecule has 0 fully saturated rings. The minimum Gasteiger partial charge on any atom is -0.244 e. The van der Waals surface area contributed by atoms with E-state index < -0.39 is 0 Å². The SMILES string of the molecule is CCc1ccc(-c2cccnc2Cl)cc1C#N. The zero-order valence-electron chi connectivity index (χ0n) is 9.44. The summed E-state index contributed by atoms with van der Waals surface area (Å²) >= 11 is 6.03. The number of rotatable bonds is 2. The number of nitriles is 1. The molecule has 1 aromatic heterocycles. The molecule has 0 unspecified atom stereocenters. The summed E-state index contributed by atoms with van der Waals surface area (Å²) in [6.45, 7) is 2.03. The normalized spacial score (nSPS) is 9.94. The monoisotopic (exact) mass is 242 g/mol. The largest absolute Gasteiger partial charge is 0.244 e. The molecular formula is C14H11ClN2. The third-order valence-corrected chi connectivity index (χ3v) is 2.98. The molecule has 2 aromatic rings. The van der Waals surface area contributed by atoms with Gasteiger partial charge in [0.25, 0.3) is 0 Å². The average Bonchev–Trinajstić information content (AvgIpc) is 2.38. The Morgan fingerprint density at radius 2 is 2.18 bits per heavy atom. The number of benzene rings is 1. The number of pyridine rings is 1. The first-order valence-corrected chi connectivity index (χ1v) is 5.78. The minimum atomic E-state index is 0.459. The fourth-order valence-corrected chi connectivity index (χ4v) is 1.99. The van der Waals surface area contributed by atoms with E-state index in [0.717, 1.165) is 23.1 Å². The average molecular weight is 243 g/mol. The van der Waals surface area contributed by atoms with E-state index in [2.05, 4.69) is 11.1 Å². The highest BCUT2D eigenvalue weighted by Gasteiger charge is 2.07. The Kier molecular flexibility index (Phi) is 3.41. The topological polar surface area (TPSA) is 36.7 Å². The predicted octanol–water partition coefficient (Wildman–Crippen LogP) is 3.84. The number of aromatic nitrogens is 1. The Morgan fingerprint density at radius 1 is 1.35 bits per heavy atom. The predicted molar refractivity (Wildman–Crippen MR) is 68.8 cm³/mol. The first-order valence-electron chi connectivity index (χ1n) is 5.40. The summed E-state index contributed by atoms with van der Waals surface area (Å²) in [4.78, 5) is 4.04. The molecule has 3 heteroatoms. The lowest BCUT2D eigenvalue weighted by molar-refractivity contribution is 1.13. The maximum atomic E-state index is 9.09. The van der Waals surface area contributed by atoms with Gasteiger partial charge >= 0.3 is 0 Å². The van der Waals surface area contributed by atoms with Crippen LogP contribution < -0.4 is 0 Å². The van der Waals surface area contributed by atoms with Crippen LogP contribution in [-0.4, -0.2) is 4.98 Å². The van der Waals surface area contributed by atoms with Gasteiger partial charge < -0.3 is 0 Å². The number of nitrogens with zero attached hydrogens (tertiary/aromatic N) is 2. The summed E-state index contributed by atoms with van der Waals surface area (Å²) in [6, 6.07) is 11.8. The van der Waals surface area contributed by atoms with Gasteiger partial charge in [0.15, 0.2) is 0 Å². The Bertz CT molecular complexity index is 585. The number of hydrogen-bond donors (Lipinski definition) is 0. The Hall–Kier alpha value is -1.85. The third kappa shape index (κ3) is 2.30. The molecule has 0 aliphatic carbocycles. The number of hydrogen-bond acceptors (Lipinski definition) is 2. The van der Waals surface area contributed by atoms with Gasteiger partial charge in [-0.3, -0.25) is 0 Å². The molecule has 0 amide bonds. The van der Waals surface area contributed by atoms with Gasteiger partial charge in [-0.2, -0.15) is 5.26 Å². The van der Waals surface area contributed by atoms with Crippen LogP contribution in [0.4, 0.5) is 0 Å². The van der Waals surface area contributed by atoms with E-state index in [1.165, 1.54) is 0 Å². The van der Waals surface area contributed by atoms with Crippen molar-refractivity contribution in [3.05, 3.63) is 52.8 Å². The molecule has 0 aliphatic rings. The molecule has 1 heterocycles. The summed E-state index contributed by atoms with van der Waals surface area (Å²) in [6.07, 6.45) is 2.50. The van der Waals surface area contributed by atoms with Crippen LogP contribution in [0.25, 0.3) is 11.1 Å². The van der Waals surface area contributed by atoms with E-state index in [-0.39, 0.29) is 0 Å². The molecule has 0 atom stereocenters. The first-order chi connectivity index (χ1) is 8.26. The number of aryl methyl sites for hydroxylation is 1. The lowest BCUT2D eigenvalue weighted by atomic mass is 9.99. The Balaban J connectivity index is 2.55. The Morgan fingerprint density at radius 3 is 2.82 bits per heavy atom. The minimum absolute atomic E-state index is 0.459. The van der Waals surface area contributed by atoms with Crippen molar-refractivity contribution in [1.82, 2.24) is 4.98 Å². The molecule has 0 radical (unpaired) electrons. The van der Waals surface area contributed by atoms with E-state index in [0.29, 0.717) is 10.7 Å². The van der Waals surface area contributed by atoms with E-state index in [1.807, 2.05) is 37.3 Å². The summed E-state index contributed by atoms with van der Waals surface area (Å²) in [5.41, 5.74) is 3.53. The quantitative estimate of drug-likeness (QED) is 0.751. The zero-order chi connectivity index (χ0) is 12.3. The van der Waals surface area contributed by atoms with Crippen molar-refractivity contribution in [1.29, 1.82) is 5.26 Å². The fourth-order valence-electron chi connectivity index (χ4n) is 1.76. The van der Waals surface area contributed by atoms with Gasteiger partial charge in [0.05, 0.1) is 11.6 Å². The highest BCUT2D eigenvalue weighted by molar-refractivity contribution is 6.32. The third-order valence-electron chi connectivity index (χ3n) is 2.68. The molecule has 0 N–H and O–H groups in total. The number of halogens is 1. The van der Waals surface area contributed by atoms with Crippen LogP contribution in [0, 0.1) is 11.3 Å². The summed E-state index contributed by atoms with van der Waals surface area (Å²) < 4.78 is 0. The molecule has 1 aromatic carbocycles. The second-order valence-corrected chi connectivity index (χ2v) is 4.04. The molecule has 84 valence electrons. The van der Waals surface area contributed by atoms with Crippen molar-refractivity contribution in [3.63, 3.8) is 0 Å². The van der Waals surface area contributed by atoms with Gasteiger partial charge in [-0.25, -0.2) is 4.98 Å². The highest BCUT2D eigenvalue weighted by atomic mass is 35.5. The molecule has 0 saturated carbocycles. The van der Waals surface area contributed by atoms with Crippen molar-refractivity contribution in [3.8, 4) is 17.2 Å². The molecule has 0 bridgehead atoms.